The van der Waals surface area contributed by atoms with Crippen molar-refractivity contribution in [2.45, 2.75) is 25.9 Å². The first-order valence-electron chi connectivity index (χ1n) is 9.91. The molecular weight excluding hydrogens is 421 g/mol. The molecule has 2 aromatic carbocycles. The van der Waals surface area contributed by atoms with Gasteiger partial charge in [0, 0.05) is 20.1 Å². The van der Waals surface area contributed by atoms with Crippen molar-refractivity contribution in [2.75, 3.05) is 26.4 Å². The number of carbonyl (C=O) groups is 2. The molecule has 2 aromatic rings. The lowest BCUT2D eigenvalue weighted by Gasteiger charge is -2.32. The van der Waals surface area contributed by atoms with Crippen LogP contribution in [0.3, 0.4) is 0 Å². The molecule has 0 heterocycles. The highest BCUT2D eigenvalue weighted by molar-refractivity contribution is 7.88. The van der Waals surface area contributed by atoms with Crippen molar-refractivity contribution in [3.05, 3.63) is 71.5 Å². The molecule has 0 unspecified atom stereocenters. The fourth-order valence-corrected chi connectivity index (χ4v) is 3.31. The van der Waals surface area contributed by atoms with Crippen LogP contribution in [-0.4, -0.2) is 55.8 Å². The van der Waals surface area contributed by atoms with Crippen LogP contribution in [0.2, 0.25) is 0 Å². The molecule has 0 radical (unpaired) electrons. The summed E-state index contributed by atoms with van der Waals surface area (Å²) < 4.78 is 38.0. The summed E-state index contributed by atoms with van der Waals surface area (Å²) in [5.41, 5.74) is 1.20. The zero-order valence-corrected chi connectivity index (χ0v) is 18.7. The van der Waals surface area contributed by atoms with Crippen LogP contribution in [0.25, 0.3) is 0 Å². The normalized spacial score (nSPS) is 12.4. The minimum atomic E-state index is -3.60. The monoisotopic (exact) mass is 449 g/mol. The number of sulfonamides is 1. The first kappa shape index (κ1) is 24.5. The minimum Gasteiger partial charge on any atom is -0.354 e. The summed E-state index contributed by atoms with van der Waals surface area (Å²) in [5.74, 6) is -1.33. The summed E-state index contributed by atoms with van der Waals surface area (Å²) in [6.45, 7) is 1.94. The molecule has 2 amide bonds. The Kier molecular flexibility index (Phi) is 8.70. The molecule has 0 aliphatic heterocycles. The largest absolute Gasteiger partial charge is 0.354 e. The summed E-state index contributed by atoms with van der Waals surface area (Å²) in [7, 11) is -2.30. The lowest BCUT2D eigenvalue weighted by molar-refractivity contribution is -0.141. The lowest BCUT2D eigenvalue weighted by Crippen LogP contribution is -2.47. The van der Waals surface area contributed by atoms with Gasteiger partial charge in [0.15, 0.2) is 0 Å². The van der Waals surface area contributed by atoms with Crippen LogP contribution in [0.15, 0.2) is 54.6 Å². The van der Waals surface area contributed by atoms with E-state index in [0.29, 0.717) is 17.7 Å². The molecule has 168 valence electrons. The topological polar surface area (TPSA) is 86.8 Å². The highest BCUT2D eigenvalue weighted by Crippen LogP contribution is 2.24. The molecule has 0 spiro atoms. The van der Waals surface area contributed by atoms with Crippen molar-refractivity contribution in [2.24, 2.45) is 0 Å². The third-order valence-corrected chi connectivity index (χ3v) is 6.00. The van der Waals surface area contributed by atoms with E-state index in [1.54, 1.807) is 30.3 Å². The molecule has 7 nitrogen and oxygen atoms in total. The van der Waals surface area contributed by atoms with Crippen molar-refractivity contribution < 1.29 is 22.4 Å². The maximum absolute atomic E-state index is 13.4. The maximum atomic E-state index is 13.4. The Morgan fingerprint density at radius 1 is 1.06 bits per heavy atom. The number of amides is 2. The number of hydrogen-bond acceptors (Lipinski definition) is 4. The number of likely N-dealkylation sites (N-methyl/N-ethyl adjacent to an activating group) is 1. The average Bonchev–Trinajstić information content (AvgIpc) is 2.73. The maximum Gasteiger partial charge on any atom is 0.247 e. The molecule has 0 saturated heterocycles. The number of halogens is 1. The van der Waals surface area contributed by atoms with Gasteiger partial charge < -0.3 is 10.2 Å². The summed E-state index contributed by atoms with van der Waals surface area (Å²) in [6, 6.07) is 13.4. The van der Waals surface area contributed by atoms with Gasteiger partial charge >= 0.3 is 0 Å². The first-order chi connectivity index (χ1) is 14.6. The van der Waals surface area contributed by atoms with Gasteiger partial charge in [-0.2, -0.15) is 4.31 Å². The Balaban J connectivity index is 2.47. The Labute approximate surface area is 182 Å². The third kappa shape index (κ3) is 7.15. The number of hydrogen-bond donors (Lipinski definition) is 1. The summed E-state index contributed by atoms with van der Waals surface area (Å²) >= 11 is 0. The van der Waals surface area contributed by atoms with Gasteiger partial charge in [-0.3, -0.25) is 9.59 Å². The molecular formula is C22H28FN3O4S. The fraction of sp³-hybridized carbons (Fsp3) is 0.364. The molecule has 0 aromatic heterocycles. The van der Waals surface area contributed by atoms with Gasteiger partial charge in [0.1, 0.15) is 11.9 Å². The molecule has 1 atom stereocenters. The van der Waals surface area contributed by atoms with E-state index in [0.717, 1.165) is 17.0 Å². The summed E-state index contributed by atoms with van der Waals surface area (Å²) in [5, 5.41) is 2.82. The number of rotatable bonds is 10. The lowest BCUT2D eigenvalue weighted by atomic mass is 10.0. The van der Waals surface area contributed by atoms with Crippen molar-refractivity contribution in [1.29, 1.82) is 0 Å². The van der Waals surface area contributed by atoms with Gasteiger partial charge in [0.2, 0.25) is 21.8 Å². The average molecular weight is 450 g/mol. The van der Waals surface area contributed by atoms with Gasteiger partial charge in [-0.05, 0) is 29.7 Å². The molecule has 2 rings (SSSR count). The van der Waals surface area contributed by atoms with Crippen molar-refractivity contribution in [3.8, 4) is 0 Å². The van der Waals surface area contributed by atoms with Gasteiger partial charge in [-0.15, -0.1) is 0 Å². The SMILES string of the molecule is CCCNC(=O)[C@@H](c1ccccc1)N(Cc1ccc(F)cc1)C(=O)CN(C)S(C)(=O)=O. The smallest absolute Gasteiger partial charge is 0.247 e. The number of benzene rings is 2. The second-order valence-electron chi connectivity index (χ2n) is 7.27. The molecule has 1 N–H and O–H groups in total. The van der Waals surface area contributed by atoms with Crippen molar-refractivity contribution in [3.63, 3.8) is 0 Å². The van der Waals surface area contributed by atoms with Gasteiger partial charge in [0.25, 0.3) is 0 Å². The van der Waals surface area contributed by atoms with Crippen LogP contribution in [0, 0.1) is 5.82 Å². The van der Waals surface area contributed by atoms with E-state index in [9.17, 15) is 22.4 Å². The molecule has 0 aliphatic carbocycles. The van der Waals surface area contributed by atoms with Gasteiger partial charge in [-0.25, -0.2) is 12.8 Å². The zero-order chi connectivity index (χ0) is 23.0. The van der Waals surface area contributed by atoms with E-state index in [1.807, 2.05) is 6.92 Å². The predicted molar refractivity (Wildman–Crippen MR) is 117 cm³/mol. The molecule has 0 saturated carbocycles. The van der Waals surface area contributed by atoms with Crippen molar-refractivity contribution in [1.82, 2.24) is 14.5 Å². The Bertz CT molecular complexity index is 982. The van der Waals surface area contributed by atoms with E-state index in [2.05, 4.69) is 5.32 Å². The van der Waals surface area contributed by atoms with Crippen LogP contribution in [0.1, 0.15) is 30.5 Å². The van der Waals surface area contributed by atoms with Crippen LogP contribution in [0.5, 0.6) is 0 Å². The van der Waals surface area contributed by atoms with Gasteiger partial charge in [-0.1, -0.05) is 49.4 Å². The standard InChI is InChI=1S/C22H28FN3O4S/c1-4-14-24-22(28)21(18-8-6-5-7-9-18)26(15-17-10-12-19(23)13-11-17)20(27)16-25(2)31(3,29)30/h5-13,21H,4,14-16H2,1-3H3,(H,24,28)/t21-/m1/s1. The highest BCUT2D eigenvalue weighted by Gasteiger charge is 2.32. The molecule has 0 aliphatic rings. The zero-order valence-electron chi connectivity index (χ0n) is 17.9. The second kappa shape index (κ2) is 11.0. The highest BCUT2D eigenvalue weighted by atomic mass is 32.2. The Morgan fingerprint density at radius 2 is 1.68 bits per heavy atom. The summed E-state index contributed by atoms with van der Waals surface area (Å²) in [4.78, 5) is 27.6. The second-order valence-corrected chi connectivity index (χ2v) is 9.36. The fourth-order valence-electron chi connectivity index (χ4n) is 2.96. The van der Waals surface area contributed by atoms with Crippen LogP contribution in [-0.2, 0) is 26.2 Å². The van der Waals surface area contributed by atoms with Crippen LogP contribution in [0.4, 0.5) is 4.39 Å². The molecule has 0 bridgehead atoms. The third-order valence-electron chi connectivity index (χ3n) is 4.74. The number of carbonyl (C=O) groups excluding carboxylic acids is 2. The van der Waals surface area contributed by atoms with Gasteiger partial charge in [0.05, 0.1) is 12.8 Å². The first-order valence-corrected chi connectivity index (χ1v) is 11.8. The van der Waals surface area contributed by atoms with Crippen LogP contribution < -0.4 is 5.32 Å². The number of nitrogens with one attached hydrogen (secondary N) is 1. The molecule has 0 fully saturated rings. The van der Waals surface area contributed by atoms with E-state index >= 15 is 0 Å². The molecule has 9 heteroatoms. The quantitative estimate of drug-likeness (QED) is 0.603. The Morgan fingerprint density at radius 3 is 2.23 bits per heavy atom. The Hall–Kier alpha value is -2.78. The van der Waals surface area contributed by atoms with Crippen LogP contribution >= 0.6 is 0 Å². The van der Waals surface area contributed by atoms with E-state index in [-0.39, 0.29) is 12.5 Å². The minimum absolute atomic E-state index is 0.00974. The van der Waals surface area contributed by atoms with E-state index in [1.165, 1.54) is 36.2 Å². The van der Waals surface area contributed by atoms with Crippen molar-refractivity contribution >= 4 is 21.8 Å². The molecule has 31 heavy (non-hydrogen) atoms. The number of nitrogens with zero attached hydrogens (tertiary/aromatic N) is 2. The predicted octanol–water partition coefficient (Wildman–Crippen LogP) is 2.31. The summed E-state index contributed by atoms with van der Waals surface area (Å²) in [6.07, 6.45) is 1.73. The van der Waals surface area contributed by atoms with E-state index < -0.39 is 34.3 Å². The van der Waals surface area contributed by atoms with E-state index in [4.69, 9.17) is 0 Å².